The van der Waals surface area contributed by atoms with Gasteiger partial charge in [0.05, 0.1) is 5.69 Å². The average Bonchev–Trinajstić information content (AvgIpc) is 2.04. The predicted molar refractivity (Wildman–Crippen MR) is 41.4 cm³/mol. The molecule has 0 spiro atoms. The monoisotopic (exact) mass is 154 g/mol. The number of rotatable bonds is 2. The van der Waals surface area contributed by atoms with E-state index in [1.807, 2.05) is 6.92 Å². The number of halogens is 1. The lowest BCUT2D eigenvalue weighted by Crippen LogP contribution is -2.12. The van der Waals surface area contributed by atoms with E-state index in [2.05, 4.69) is 4.98 Å². The summed E-state index contributed by atoms with van der Waals surface area (Å²) in [4.78, 5) is 3.85. The van der Waals surface area contributed by atoms with Crippen molar-refractivity contribution in [3.8, 4) is 0 Å². The van der Waals surface area contributed by atoms with Gasteiger partial charge in [-0.1, -0.05) is 6.92 Å². The van der Waals surface area contributed by atoms with E-state index in [9.17, 15) is 4.39 Å². The van der Waals surface area contributed by atoms with Crippen LogP contribution >= 0.6 is 0 Å². The Hall–Kier alpha value is -0.960. The maximum Gasteiger partial charge on any atom is 0.146 e. The van der Waals surface area contributed by atoms with E-state index in [1.165, 1.54) is 6.07 Å². The molecule has 0 saturated heterocycles. The molecule has 2 N–H and O–H groups in total. The zero-order chi connectivity index (χ0) is 8.27. The van der Waals surface area contributed by atoms with Gasteiger partial charge in [0.15, 0.2) is 0 Å². The number of hydrogen-bond acceptors (Lipinski definition) is 2. The van der Waals surface area contributed by atoms with Crippen LogP contribution in [0.15, 0.2) is 18.3 Å². The molecular formula is C8H11FN2. The Morgan fingerprint density at radius 2 is 2.45 bits per heavy atom. The Morgan fingerprint density at radius 3 is 3.00 bits per heavy atom. The standard InChI is InChI=1S/C8H11FN2/c1-2-7(10)8-6(9)4-3-5-11-8/h3-5,7H,2,10H2,1H3/t7-/m0/s1. The van der Waals surface area contributed by atoms with Crippen LogP contribution in [-0.4, -0.2) is 4.98 Å². The Balaban J connectivity index is 2.93. The van der Waals surface area contributed by atoms with Crippen molar-refractivity contribution in [2.45, 2.75) is 19.4 Å². The summed E-state index contributed by atoms with van der Waals surface area (Å²) in [6.07, 6.45) is 2.25. The van der Waals surface area contributed by atoms with Gasteiger partial charge in [-0.3, -0.25) is 4.98 Å². The predicted octanol–water partition coefficient (Wildman–Crippen LogP) is 1.63. The highest BCUT2D eigenvalue weighted by molar-refractivity contribution is 5.10. The zero-order valence-corrected chi connectivity index (χ0v) is 6.42. The number of nitrogens with zero attached hydrogens (tertiary/aromatic N) is 1. The molecule has 1 aromatic heterocycles. The van der Waals surface area contributed by atoms with Crippen LogP contribution in [0.1, 0.15) is 25.1 Å². The first-order valence-corrected chi connectivity index (χ1v) is 3.61. The van der Waals surface area contributed by atoms with Crippen LogP contribution < -0.4 is 5.73 Å². The second-order valence-electron chi connectivity index (χ2n) is 2.39. The van der Waals surface area contributed by atoms with Gasteiger partial charge < -0.3 is 5.73 Å². The maximum absolute atomic E-state index is 12.9. The highest BCUT2D eigenvalue weighted by atomic mass is 19.1. The Labute approximate surface area is 65.3 Å². The van der Waals surface area contributed by atoms with E-state index in [0.29, 0.717) is 12.1 Å². The number of pyridine rings is 1. The molecule has 0 bridgehead atoms. The van der Waals surface area contributed by atoms with Crippen molar-refractivity contribution in [2.24, 2.45) is 5.73 Å². The average molecular weight is 154 g/mol. The lowest BCUT2D eigenvalue weighted by molar-refractivity contribution is 0.558. The van der Waals surface area contributed by atoms with Gasteiger partial charge in [-0.2, -0.15) is 0 Å². The van der Waals surface area contributed by atoms with E-state index in [1.54, 1.807) is 12.3 Å². The van der Waals surface area contributed by atoms with Gasteiger partial charge in [0.2, 0.25) is 0 Å². The Morgan fingerprint density at radius 1 is 1.73 bits per heavy atom. The molecule has 0 fully saturated rings. The van der Waals surface area contributed by atoms with E-state index in [-0.39, 0.29) is 11.9 Å². The van der Waals surface area contributed by atoms with Crippen LogP contribution in [0.2, 0.25) is 0 Å². The van der Waals surface area contributed by atoms with E-state index >= 15 is 0 Å². The molecule has 0 aliphatic rings. The molecule has 0 aliphatic heterocycles. The summed E-state index contributed by atoms with van der Waals surface area (Å²) in [5.41, 5.74) is 5.95. The molecule has 1 aromatic rings. The third kappa shape index (κ3) is 1.74. The van der Waals surface area contributed by atoms with Crippen molar-refractivity contribution in [1.29, 1.82) is 0 Å². The molecule has 60 valence electrons. The van der Waals surface area contributed by atoms with Gasteiger partial charge in [-0.25, -0.2) is 4.39 Å². The van der Waals surface area contributed by atoms with Crippen LogP contribution in [-0.2, 0) is 0 Å². The quantitative estimate of drug-likeness (QED) is 0.703. The zero-order valence-electron chi connectivity index (χ0n) is 6.42. The first-order valence-electron chi connectivity index (χ1n) is 3.61. The number of nitrogens with two attached hydrogens (primary N) is 1. The smallest absolute Gasteiger partial charge is 0.146 e. The van der Waals surface area contributed by atoms with Crippen LogP contribution in [0, 0.1) is 5.82 Å². The normalized spacial score (nSPS) is 13.0. The summed E-state index contributed by atoms with van der Waals surface area (Å²) in [6, 6.07) is 2.65. The molecule has 2 nitrogen and oxygen atoms in total. The van der Waals surface area contributed by atoms with Gasteiger partial charge in [-0.05, 0) is 18.6 Å². The molecule has 1 rings (SSSR count). The fourth-order valence-electron chi connectivity index (χ4n) is 0.864. The van der Waals surface area contributed by atoms with Gasteiger partial charge >= 0.3 is 0 Å². The third-order valence-electron chi connectivity index (χ3n) is 1.58. The molecule has 0 radical (unpaired) electrons. The third-order valence-corrected chi connectivity index (χ3v) is 1.58. The SMILES string of the molecule is CC[C@H](N)c1ncccc1F. The first-order chi connectivity index (χ1) is 5.25. The van der Waals surface area contributed by atoms with Gasteiger partial charge in [0.1, 0.15) is 5.82 Å². The second-order valence-corrected chi connectivity index (χ2v) is 2.39. The molecule has 11 heavy (non-hydrogen) atoms. The minimum absolute atomic E-state index is 0.281. The number of aromatic nitrogens is 1. The summed E-state index contributed by atoms with van der Waals surface area (Å²) >= 11 is 0. The van der Waals surface area contributed by atoms with Crippen molar-refractivity contribution in [3.63, 3.8) is 0 Å². The van der Waals surface area contributed by atoms with E-state index in [0.717, 1.165) is 0 Å². The lowest BCUT2D eigenvalue weighted by atomic mass is 10.1. The van der Waals surface area contributed by atoms with Crippen LogP contribution in [0.3, 0.4) is 0 Å². The maximum atomic E-state index is 12.9. The highest BCUT2D eigenvalue weighted by Gasteiger charge is 2.08. The van der Waals surface area contributed by atoms with Crippen LogP contribution in [0.5, 0.6) is 0 Å². The van der Waals surface area contributed by atoms with Crippen molar-refractivity contribution in [2.75, 3.05) is 0 Å². The van der Waals surface area contributed by atoms with E-state index in [4.69, 9.17) is 5.73 Å². The fraction of sp³-hybridized carbons (Fsp3) is 0.375. The number of hydrogen-bond donors (Lipinski definition) is 1. The molecule has 0 aromatic carbocycles. The largest absolute Gasteiger partial charge is 0.323 e. The van der Waals surface area contributed by atoms with E-state index < -0.39 is 0 Å². The molecule has 0 saturated carbocycles. The molecule has 0 unspecified atom stereocenters. The molecule has 1 atom stereocenters. The van der Waals surface area contributed by atoms with Gasteiger partial charge in [0, 0.05) is 12.2 Å². The lowest BCUT2D eigenvalue weighted by Gasteiger charge is -2.07. The first kappa shape index (κ1) is 8.14. The second kappa shape index (κ2) is 3.44. The van der Waals surface area contributed by atoms with Crippen molar-refractivity contribution >= 4 is 0 Å². The molecule has 0 amide bonds. The minimum Gasteiger partial charge on any atom is -0.323 e. The highest BCUT2D eigenvalue weighted by Crippen LogP contribution is 2.13. The summed E-state index contributed by atoms with van der Waals surface area (Å²) in [5, 5.41) is 0. The summed E-state index contributed by atoms with van der Waals surface area (Å²) < 4.78 is 12.9. The fourth-order valence-corrected chi connectivity index (χ4v) is 0.864. The van der Waals surface area contributed by atoms with Crippen molar-refractivity contribution in [3.05, 3.63) is 29.8 Å². The molecule has 3 heteroatoms. The summed E-state index contributed by atoms with van der Waals surface area (Å²) in [5.74, 6) is -0.318. The topological polar surface area (TPSA) is 38.9 Å². The Kier molecular flexibility index (Phi) is 2.54. The molecule has 0 aliphatic carbocycles. The molecular weight excluding hydrogens is 143 g/mol. The summed E-state index contributed by atoms with van der Waals surface area (Å²) in [7, 11) is 0. The Bertz CT molecular complexity index is 237. The van der Waals surface area contributed by atoms with Crippen LogP contribution in [0.25, 0.3) is 0 Å². The minimum atomic E-state index is -0.318. The molecule has 1 heterocycles. The van der Waals surface area contributed by atoms with Crippen molar-refractivity contribution < 1.29 is 4.39 Å². The summed E-state index contributed by atoms with van der Waals surface area (Å²) in [6.45, 7) is 1.90. The van der Waals surface area contributed by atoms with Gasteiger partial charge in [-0.15, -0.1) is 0 Å². The van der Waals surface area contributed by atoms with Crippen molar-refractivity contribution in [1.82, 2.24) is 4.98 Å². The van der Waals surface area contributed by atoms with Crippen LogP contribution in [0.4, 0.5) is 4.39 Å². The van der Waals surface area contributed by atoms with Gasteiger partial charge in [0.25, 0.3) is 0 Å².